The molecule has 11 aromatic rings. The Morgan fingerprint density at radius 2 is 0.877 bits per heavy atom. The molecule has 57 heavy (non-hydrogen) atoms. The summed E-state index contributed by atoms with van der Waals surface area (Å²) in [7, 11) is 0. The zero-order chi connectivity index (χ0) is 37.7. The van der Waals surface area contributed by atoms with Crippen molar-refractivity contribution in [1.29, 1.82) is 0 Å². The summed E-state index contributed by atoms with van der Waals surface area (Å²) < 4.78 is 5.01. The van der Waals surface area contributed by atoms with Gasteiger partial charge in [-0.1, -0.05) is 146 Å². The van der Waals surface area contributed by atoms with Crippen molar-refractivity contribution in [2.45, 2.75) is 0 Å². The van der Waals surface area contributed by atoms with Crippen LogP contribution in [0, 0.1) is 0 Å². The first kappa shape index (κ1) is 33.2. The van der Waals surface area contributed by atoms with Gasteiger partial charge in [0.25, 0.3) is 0 Å². The second kappa shape index (κ2) is 13.8. The average Bonchev–Trinajstić information content (AvgIpc) is 3.83. The molecule has 2 aromatic heterocycles. The van der Waals surface area contributed by atoms with Gasteiger partial charge in [-0.3, -0.25) is 0 Å². The molecule has 11 rings (SSSR count). The summed E-state index contributed by atoms with van der Waals surface area (Å²) in [6.45, 7) is 0. The maximum Gasteiger partial charge on any atom is 0.0541 e. The van der Waals surface area contributed by atoms with Gasteiger partial charge in [0.15, 0.2) is 0 Å². The Kier molecular flexibility index (Phi) is 8.04. The summed E-state index contributed by atoms with van der Waals surface area (Å²) in [5.41, 5.74) is 14.1. The summed E-state index contributed by atoms with van der Waals surface area (Å²) in [5.74, 6) is 0. The van der Waals surface area contributed by atoms with Crippen molar-refractivity contribution in [2.24, 2.45) is 0 Å². The minimum absolute atomic E-state index is 1.10. The van der Waals surface area contributed by atoms with Gasteiger partial charge in [0.1, 0.15) is 0 Å². The molecule has 0 radical (unpaired) electrons. The number of fused-ring (bicyclic) bond motifs is 6. The molecular weight excluding hydrogens is 709 g/mol. The lowest BCUT2D eigenvalue weighted by atomic mass is 9.99. The molecule has 0 bridgehead atoms. The second-order valence-corrected chi connectivity index (χ2v) is 15.6. The normalized spacial score (nSPS) is 11.5. The third-order valence-electron chi connectivity index (χ3n) is 11.2. The van der Waals surface area contributed by atoms with E-state index in [0.717, 1.165) is 17.1 Å². The Labute approximate surface area is 335 Å². The maximum atomic E-state index is 2.39. The van der Waals surface area contributed by atoms with Crippen LogP contribution in [0.15, 0.2) is 218 Å². The fourth-order valence-electron chi connectivity index (χ4n) is 8.48. The average molecular weight is 745 g/mol. The van der Waals surface area contributed by atoms with Crippen molar-refractivity contribution in [3.63, 3.8) is 0 Å². The molecule has 0 saturated carbocycles. The van der Waals surface area contributed by atoms with Crippen molar-refractivity contribution in [3.8, 4) is 39.1 Å². The van der Waals surface area contributed by atoms with Crippen LogP contribution in [0.5, 0.6) is 0 Å². The van der Waals surface area contributed by atoms with Gasteiger partial charge in [0.2, 0.25) is 0 Å². The number of hydrogen-bond donors (Lipinski definition) is 0. The largest absolute Gasteiger partial charge is 0.310 e. The minimum atomic E-state index is 1.10. The number of aromatic nitrogens is 1. The molecule has 0 spiro atoms. The Morgan fingerprint density at radius 3 is 1.63 bits per heavy atom. The monoisotopic (exact) mass is 744 g/mol. The SMILES string of the molecule is c1ccc(-c2ccccc2N(c2ccc(-c3ccc4c(c3)sc3ccccc34)cc2)c2ccc(-c3ccc4c(c3)c3ccccc3n4-c3ccccc3)cc2)cc1. The number of benzene rings is 9. The summed E-state index contributed by atoms with van der Waals surface area (Å²) in [5, 5.41) is 5.16. The molecule has 0 aliphatic heterocycles. The first-order valence-electron chi connectivity index (χ1n) is 19.4. The third kappa shape index (κ3) is 5.80. The molecule has 0 N–H and O–H groups in total. The highest BCUT2D eigenvalue weighted by atomic mass is 32.1. The van der Waals surface area contributed by atoms with Crippen LogP contribution in [0.4, 0.5) is 17.1 Å². The number of rotatable bonds is 7. The van der Waals surface area contributed by atoms with E-state index in [1.54, 1.807) is 0 Å². The van der Waals surface area contributed by atoms with E-state index in [4.69, 9.17) is 0 Å². The highest BCUT2D eigenvalue weighted by Crippen LogP contribution is 2.43. The predicted molar refractivity (Wildman–Crippen MR) is 245 cm³/mol. The fourth-order valence-corrected chi connectivity index (χ4v) is 9.62. The Bertz CT molecular complexity index is 3210. The quantitative estimate of drug-likeness (QED) is 0.158. The van der Waals surface area contributed by atoms with E-state index in [9.17, 15) is 0 Å². The van der Waals surface area contributed by atoms with Crippen LogP contribution in [0.25, 0.3) is 81.0 Å². The maximum absolute atomic E-state index is 2.39. The van der Waals surface area contributed by atoms with Crippen LogP contribution in [0.3, 0.4) is 0 Å². The van der Waals surface area contributed by atoms with E-state index in [-0.39, 0.29) is 0 Å². The van der Waals surface area contributed by atoms with E-state index in [2.05, 4.69) is 228 Å². The Morgan fingerprint density at radius 1 is 0.333 bits per heavy atom. The van der Waals surface area contributed by atoms with Crippen LogP contribution in [0.2, 0.25) is 0 Å². The van der Waals surface area contributed by atoms with Gasteiger partial charge in [-0.2, -0.15) is 0 Å². The Hall–Kier alpha value is -7.20. The lowest BCUT2D eigenvalue weighted by molar-refractivity contribution is 1.18. The lowest BCUT2D eigenvalue weighted by Crippen LogP contribution is -2.11. The number of thiophene rings is 1. The molecule has 0 atom stereocenters. The van der Waals surface area contributed by atoms with Gasteiger partial charge in [-0.15, -0.1) is 11.3 Å². The van der Waals surface area contributed by atoms with Gasteiger partial charge in [-0.05, 0) is 101 Å². The van der Waals surface area contributed by atoms with Gasteiger partial charge in [0, 0.05) is 53.6 Å². The summed E-state index contributed by atoms with van der Waals surface area (Å²) in [6.07, 6.45) is 0. The second-order valence-electron chi connectivity index (χ2n) is 14.5. The number of nitrogens with zero attached hydrogens (tertiary/aromatic N) is 2. The third-order valence-corrected chi connectivity index (χ3v) is 12.3. The predicted octanol–water partition coefficient (Wildman–Crippen LogP) is 15.6. The van der Waals surface area contributed by atoms with E-state index in [0.29, 0.717) is 0 Å². The molecule has 0 aliphatic rings. The van der Waals surface area contributed by atoms with Crippen molar-refractivity contribution in [1.82, 2.24) is 4.57 Å². The number of hydrogen-bond acceptors (Lipinski definition) is 2. The summed E-state index contributed by atoms with van der Waals surface area (Å²) >= 11 is 1.86. The molecule has 0 aliphatic carbocycles. The van der Waals surface area contributed by atoms with Crippen LogP contribution in [0.1, 0.15) is 0 Å². The van der Waals surface area contributed by atoms with E-state index in [1.165, 1.54) is 81.0 Å². The van der Waals surface area contributed by atoms with Crippen molar-refractivity contribution < 1.29 is 0 Å². The molecule has 0 unspecified atom stereocenters. The highest BCUT2D eigenvalue weighted by molar-refractivity contribution is 7.25. The van der Waals surface area contributed by atoms with Gasteiger partial charge in [-0.25, -0.2) is 0 Å². The van der Waals surface area contributed by atoms with Crippen molar-refractivity contribution in [3.05, 3.63) is 218 Å². The molecule has 268 valence electrons. The molecule has 3 heteroatoms. The number of anilines is 3. The fraction of sp³-hybridized carbons (Fsp3) is 0. The zero-order valence-corrected chi connectivity index (χ0v) is 31.9. The molecule has 9 aromatic carbocycles. The van der Waals surface area contributed by atoms with E-state index < -0.39 is 0 Å². The lowest BCUT2D eigenvalue weighted by Gasteiger charge is -2.28. The van der Waals surface area contributed by atoms with Crippen molar-refractivity contribution in [2.75, 3.05) is 4.90 Å². The minimum Gasteiger partial charge on any atom is -0.310 e. The molecule has 0 fully saturated rings. The van der Waals surface area contributed by atoms with Crippen molar-refractivity contribution >= 4 is 70.4 Å². The molecule has 2 heterocycles. The van der Waals surface area contributed by atoms with E-state index >= 15 is 0 Å². The van der Waals surface area contributed by atoms with Crippen LogP contribution in [-0.2, 0) is 0 Å². The first-order valence-corrected chi connectivity index (χ1v) is 20.2. The molecule has 2 nitrogen and oxygen atoms in total. The molecular formula is C54H36N2S. The summed E-state index contributed by atoms with van der Waals surface area (Å²) in [4.78, 5) is 2.39. The molecule has 0 amide bonds. The molecule has 0 saturated heterocycles. The van der Waals surface area contributed by atoms with Crippen LogP contribution < -0.4 is 4.90 Å². The highest BCUT2D eigenvalue weighted by Gasteiger charge is 2.18. The first-order chi connectivity index (χ1) is 28.3. The van der Waals surface area contributed by atoms with Gasteiger partial charge < -0.3 is 9.47 Å². The van der Waals surface area contributed by atoms with Gasteiger partial charge >= 0.3 is 0 Å². The number of para-hydroxylation sites is 3. The van der Waals surface area contributed by atoms with Crippen LogP contribution >= 0.6 is 11.3 Å². The standard InChI is InChI=1S/C54H36N2S/c1-3-13-39(14-4-1)45-17-7-10-20-50(45)55(44-31-25-38(26-32-44)41-27-33-48-47-19-9-12-22-53(47)57-54(48)36-41)43-29-23-37(24-30-43)40-28-34-52-49(35-40)46-18-8-11-21-51(46)56(52)42-15-5-2-6-16-42/h1-36H. The zero-order valence-electron chi connectivity index (χ0n) is 31.1. The topological polar surface area (TPSA) is 8.17 Å². The van der Waals surface area contributed by atoms with Crippen LogP contribution in [-0.4, -0.2) is 4.57 Å². The smallest absolute Gasteiger partial charge is 0.0541 e. The van der Waals surface area contributed by atoms with E-state index in [1.807, 2.05) is 11.3 Å². The van der Waals surface area contributed by atoms with Gasteiger partial charge in [0.05, 0.1) is 16.7 Å². The summed E-state index contributed by atoms with van der Waals surface area (Å²) in [6, 6.07) is 79.3. The Balaban J connectivity index is 0.995.